The molecule has 3 N–H and O–H groups in total. The van der Waals surface area contributed by atoms with Gasteiger partial charge in [-0.15, -0.1) is 0 Å². The Morgan fingerprint density at radius 3 is 2.09 bits per heavy atom. The molecular formula is C37H38N4O4S. The zero-order valence-corrected chi connectivity index (χ0v) is 26.5. The van der Waals surface area contributed by atoms with Crippen LogP contribution in [0.15, 0.2) is 127 Å². The highest BCUT2D eigenvalue weighted by Crippen LogP contribution is 2.41. The number of aliphatic carboxylic acids is 1. The molecule has 0 saturated heterocycles. The molecule has 0 saturated carbocycles. The monoisotopic (exact) mass is 634 g/mol. The molecule has 8 nitrogen and oxygen atoms in total. The summed E-state index contributed by atoms with van der Waals surface area (Å²) in [5, 5.41) is 13.2. The van der Waals surface area contributed by atoms with Crippen molar-refractivity contribution >= 4 is 21.7 Å². The van der Waals surface area contributed by atoms with E-state index in [2.05, 4.69) is 57.9 Å². The Bertz CT molecular complexity index is 1800. The van der Waals surface area contributed by atoms with Crippen LogP contribution in [0.2, 0.25) is 0 Å². The van der Waals surface area contributed by atoms with Gasteiger partial charge in [0.2, 0.25) is 10.0 Å². The number of rotatable bonds is 12. The zero-order chi connectivity index (χ0) is 32.1. The maximum atomic E-state index is 13.4. The summed E-state index contributed by atoms with van der Waals surface area (Å²) in [6, 6.07) is 34.7. The summed E-state index contributed by atoms with van der Waals surface area (Å²) >= 11 is 0. The second kappa shape index (κ2) is 13.3. The van der Waals surface area contributed by atoms with E-state index in [9.17, 15) is 18.3 Å². The standard InChI is InChI=1S/C37H38N4O4S/c1-27-23-28-13-11-22-34(35(28)38-24-27)46(44,45)40-33(36(42)43)21-12-20-32-25-41(26-39-32)37(29-14-5-2-6-15-29,30-16-7-3-8-17-30)31-18-9-4-10-19-31/h2-11,13-19,22,25-27,33,38,40H,12,20-21,23-24H2,1H3,(H,42,43). The Kier molecular flexibility index (Phi) is 9.05. The number of hydrogen-bond donors (Lipinski definition) is 3. The van der Waals surface area contributed by atoms with Gasteiger partial charge in [-0.25, -0.2) is 13.4 Å². The number of imidazole rings is 1. The Labute approximate surface area is 270 Å². The summed E-state index contributed by atoms with van der Waals surface area (Å²) < 4.78 is 31.4. The molecule has 2 unspecified atom stereocenters. The van der Waals surface area contributed by atoms with E-state index < -0.39 is 27.6 Å². The van der Waals surface area contributed by atoms with E-state index in [4.69, 9.17) is 4.98 Å². The van der Waals surface area contributed by atoms with E-state index in [0.29, 0.717) is 31.0 Å². The fourth-order valence-corrected chi connectivity index (χ4v) is 7.98. The molecule has 2 heterocycles. The predicted octanol–water partition coefficient (Wildman–Crippen LogP) is 6.08. The molecule has 0 bridgehead atoms. The molecule has 1 aliphatic rings. The molecule has 2 atom stereocenters. The molecule has 46 heavy (non-hydrogen) atoms. The molecule has 1 aromatic heterocycles. The van der Waals surface area contributed by atoms with Crippen LogP contribution in [0.4, 0.5) is 5.69 Å². The van der Waals surface area contributed by atoms with Crippen LogP contribution in [-0.4, -0.2) is 41.6 Å². The maximum Gasteiger partial charge on any atom is 0.321 e. The van der Waals surface area contributed by atoms with Crippen molar-refractivity contribution in [2.75, 3.05) is 11.9 Å². The number of anilines is 1. The van der Waals surface area contributed by atoms with E-state index >= 15 is 0 Å². The van der Waals surface area contributed by atoms with Crippen molar-refractivity contribution in [3.8, 4) is 0 Å². The molecular weight excluding hydrogens is 596 g/mol. The molecule has 1 aliphatic heterocycles. The molecule has 0 fully saturated rings. The van der Waals surface area contributed by atoms with Gasteiger partial charge in [0.15, 0.2) is 0 Å². The van der Waals surface area contributed by atoms with Crippen molar-refractivity contribution in [3.63, 3.8) is 0 Å². The van der Waals surface area contributed by atoms with Crippen LogP contribution in [-0.2, 0) is 33.2 Å². The number of nitrogens with zero attached hydrogens (tertiary/aromatic N) is 2. The Balaban J connectivity index is 1.24. The van der Waals surface area contributed by atoms with E-state index in [-0.39, 0.29) is 11.3 Å². The topological polar surface area (TPSA) is 113 Å². The lowest BCUT2D eigenvalue weighted by molar-refractivity contribution is -0.139. The third-order valence-electron chi connectivity index (χ3n) is 8.72. The van der Waals surface area contributed by atoms with Crippen molar-refractivity contribution in [1.82, 2.24) is 14.3 Å². The van der Waals surface area contributed by atoms with Gasteiger partial charge in [0.05, 0.1) is 17.7 Å². The number of aromatic nitrogens is 2. The molecule has 9 heteroatoms. The molecule has 0 radical (unpaired) electrons. The lowest BCUT2D eigenvalue weighted by atomic mass is 9.77. The lowest BCUT2D eigenvalue weighted by Crippen LogP contribution is -2.41. The van der Waals surface area contributed by atoms with Crippen LogP contribution >= 0.6 is 0 Å². The first-order valence-corrected chi connectivity index (χ1v) is 17.1. The van der Waals surface area contributed by atoms with Crippen LogP contribution in [0.5, 0.6) is 0 Å². The Morgan fingerprint density at radius 2 is 1.52 bits per heavy atom. The number of sulfonamides is 1. The molecule has 236 valence electrons. The van der Waals surface area contributed by atoms with Crippen LogP contribution in [0.25, 0.3) is 0 Å². The number of para-hydroxylation sites is 1. The second-order valence-corrected chi connectivity index (χ2v) is 13.6. The maximum absolute atomic E-state index is 13.4. The number of fused-ring (bicyclic) bond motifs is 1. The third-order valence-corrected chi connectivity index (χ3v) is 10.2. The quantitative estimate of drug-likeness (QED) is 0.143. The van der Waals surface area contributed by atoms with E-state index in [0.717, 1.165) is 34.4 Å². The second-order valence-electron chi connectivity index (χ2n) is 12.0. The Hall–Kier alpha value is -4.73. The van der Waals surface area contributed by atoms with Crippen molar-refractivity contribution in [3.05, 3.63) is 150 Å². The first-order valence-electron chi connectivity index (χ1n) is 15.6. The number of benzene rings is 4. The van der Waals surface area contributed by atoms with Crippen molar-refractivity contribution in [2.45, 2.75) is 49.1 Å². The van der Waals surface area contributed by atoms with Crippen molar-refractivity contribution in [1.29, 1.82) is 0 Å². The normalized spacial score (nSPS) is 15.5. The average Bonchev–Trinajstić information content (AvgIpc) is 3.54. The average molecular weight is 635 g/mol. The predicted molar refractivity (Wildman–Crippen MR) is 179 cm³/mol. The highest BCUT2D eigenvalue weighted by atomic mass is 32.2. The molecule has 4 aromatic carbocycles. The van der Waals surface area contributed by atoms with Gasteiger partial charge >= 0.3 is 5.97 Å². The minimum Gasteiger partial charge on any atom is -0.480 e. The number of aryl methyl sites for hydroxylation is 1. The summed E-state index contributed by atoms with van der Waals surface area (Å²) in [6.07, 6.45) is 5.62. The van der Waals surface area contributed by atoms with E-state index in [1.54, 1.807) is 6.07 Å². The summed E-state index contributed by atoms with van der Waals surface area (Å²) in [5.74, 6) is -0.830. The summed E-state index contributed by atoms with van der Waals surface area (Å²) in [7, 11) is -4.08. The van der Waals surface area contributed by atoms with Crippen LogP contribution in [0, 0.1) is 5.92 Å². The van der Waals surface area contributed by atoms with Gasteiger partial charge in [-0.05, 0) is 59.9 Å². The Morgan fingerprint density at radius 1 is 0.935 bits per heavy atom. The molecule has 0 spiro atoms. The minimum atomic E-state index is -4.08. The number of carbonyl (C=O) groups is 1. The molecule has 0 amide bonds. The van der Waals surface area contributed by atoms with Crippen LogP contribution in [0.3, 0.4) is 0 Å². The highest BCUT2D eigenvalue weighted by molar-refractivity contribution is 7.89. The van der Waals surface area contributed by atoms with Crippen LogP contribution < -0.4 is 10.0 Å². The molecule has 5 aromatic rings. The number of carboxylic acids is 1. The SMILES string of the molecule is CC1CNc2c(cccc2S(=O)(=O)NC(CCCc2cn(C(c3ccccc3)(c3ccccc3)c3ccccc3)cn2)C(=O)O)C1. The van der Waals surface area contributed by atoms with E-state index in [1.165, 1.54) is 6.07 Å². The number of carboxylic acid groups (broad SMARTS) is 1. The fourth-order valence-electron chi connectivity index (χ4n) is 6.53. The molecule has 6 rings (SSSR count). The first-order chi connectivity index (χ1) is 22.3. The van der Waals surface area contributed by atoms with Crippen molar-refractivity contribution in [2.24, 2.45) is 5.92 Å². The van der Waals surface area contributed by atoms with Gasteiger partial charge < -0.3 is 15.0 Å². The third kappa shape index (κ3) is 6.21. The largest absolute Gasteiger partial charge is 0.480 e. The summed E-state index contributed by atoms with van der Waals surface area (Å²) in [4.78, 5) is 17.1. The smallest absolute Gasteiger partial charge is 0.321 e. The van der Waals surface area contributed by atoms with Gasteiger partial charge in [0.1, 0.15) is 16.5 Å². The highest BCUT2D eigenvalue weighted by Gasteiger charge is 2.38. The first kappa shape index (κ1) is 31.3. The van der Waals surface area contributed by atoms with Gasteiger partial charge in [-0.1, -0.05) is 110 Å². The van der Waals surface area contributed by atoms with Crippen LogP contribution in [0.1, 0.15) is 47.7 Å². The summed E-state index contributed by atoms with van der Waals surface area (Å²) in [6.45, 7) is 2.76. The number of nitrogens with one attached hydrogen (secondary N) is 2. The van der Waals surface area contributed by atoms with Crippen molar-refractivity contribution < 1.29 is 18.3 Å². The fraction of sp³-hybridized carbons (Fsp3) is 0.243. The minimum absolute atomic E-state index is 0.0842. The van der Waals surface area contributed by atoms with Gasteiger partial charge in [-0.2, -0.15) is 4.72 Å². The van der Waals surface area contributed by atoms with Gasteiger partial charge in [-0.3, -0.25) is 4.79 Å². The van der Waals surface area contributed by atoms with Gasteiger partial charge in [0.25, 0.3) is 0 Å². The number of hydrogen-bond acceptors (Lipinski definition) is 5. The lowest BCUT2D eigenvalue weighted by Gasteiger charge is -2.37. The van der Waals surface area contributed by atoms with Gasteiger partial charge in [0, 0.05) is 12.7 Å². The summed E-state index contributed by atoms with van der Waals surface area (Å²) in [5.41, 5.74) is 4.78. The zero-order valence-electron chi connectivity index (χ0n) is 25.7. The van der Waals surface area contributed by atoms with E-state index in [1.807, 2.05) is 73.2 Å². The molecule has 0 aliphatic carbocycles.